The van der Waals surface area contributed by atoms with Crippen LogP contribution in [0.15, 0.2) is 34.1 Å². The van der Waals surface area contributed by atoms with E-state index in [4.69, 9.17) is 0 Å². The van der Waals surface area contributed by atoms with E-state index in [1.54, 1.807) is 11.3 Å². The predicted octanol–water partition coefficient (Wildman–Crippen LogP) is 6.12. The van der Waals surface area contributed by atoms with Gasteiger partial charge in [-0.05, 0) is 57.6 Å². The van der Waals surface area contributed by atoms with Gasteiger partial charge in [0.2, 0.25) is 0 Å². The van der Waals surface area contributed by atoms with E-state index in [1.165, 1.54) is 25.4 Å². The molecule has 0 aliphatic carbocycles. The van der Waals surface area contributed by atoms with Crippen molar-refractivity contribution in [3.05, 3.63) is 55.7 Å². The summed E-state index contributed by atoms with van der Waals surface area (Å²) >= 11 is 9.11. The molecular weight excluding hydrogens is 372 g/mol. The van der Waals surface area contributed by atoms with Gasteiger partial charge in [0.15, 0.2) is 0 Å². The van der Waals surface area contributed by atoms with Crippen LogP contribution in [0.25, 0.3) is 0 Å². The van der Waals surface area contributed by atoms with Crippen LogP contribution in [-0.2, 0) is 12.8 Å². The first-order valence-corrected chi connectivity index (χ1v) is 8.69. The molecule has 1 aromatic carbocycles. The lowest BCUT2D eigenvalue weighted by Gasteiger charge is -2.12. The van der Waals surface area contributed by atoms with E-state index in [0.29, 0.717) is 4.83 Å². The molecule has 0 aliphatic heterocycles. The minimum atomic E-state index is 0.296. The lowest BCUT2D eigenvalue weighted by molar-refractivity contribution is 1.02. The van der Waals surface area contributed by atoms with Gasteiger partial charge in [0.25, 0.3) is 0 Å². The van der Waals surface area contributed by atoms with Crippen molar-refractivity contribution in [1.29, 1.82) is 0 Å². The minimum absolute atomic E-state index is 0.296. The Balaban J connectivity index is 2.33. The van der Waals surface area contributed by atoms with Crippen molar-refractivity contribution in [2.45, 2.75) is 31.5 Å². The standard InChI is InChI=1S/C15H16Br2S/c1-3-10-5-6-12(9-11(10)4-2)15(17)13-7-8-14(16)18-13/h5-9,15H,3-4H2,1-2H3. The molecule has 18 heavy (non-hydrogen) atoms. The van der Waals surface area contributed by atoms with E-state index in [0.717, 1.165) is 12.8 Å². The summed E-state index contributed by atoms with van der Waals surface area (Å²) < 4.78 is 1.18. The molecule has 0 saturated heterocycles. The summed E-state index contributed by atoms with van der Waals surface area (Å²) in [6.45, 7) is 4.44. The number of alkyl halides is 1. The van der Waals surface area contributed by atoms with E-state index in [-0.39, 0.29) is 0 Å². The molecule has 1 unspecified atom stereocenters. The molecule has 96 valence electrons. The second kappa shape index (κ2) is 6.36. The van der Waals surface area contributed by atoms with Gasteiger partial charge in [-0.3, -0.25) is 0 Å². The number of hydrogen-bond donors (Lipinski definition) is 0. The van der Waals surface area contributed by atoms with Gasteiger partial charge in [0.1, 0.15) is 0 Å². The predicted molar refractivity (Wildman–Crippen MR) is 88.0 cm³/mol. The molecular formula is C15H16Br2S. The molecule has 2 aromatic rings. The minimum Gasteiger partial charge on any atom is -0.132 e. The van der Waals surface area contributed by atoms with Crippen LogP contribution in [-0.4, -0.2) is 0 Å². The first-order valence-electron chi connectivity index (χ1n) is 6.16. The van der Waals surface area contributed by atoms with Gasteiger partial charge in [-0.2, -0.15) is 0 Å². The topological polar surface area (TPSA) is 0 Å². The third kappa shape index (κ3) is 3.06. The van der Waals surface area contributed by atoms with Crippen molar-refractivity contribution in [3.8, 4) is 0 Å². The zero-order chi connectivity index (χ0) is 13.1. The van der Waals surface area contributed by atoms with E-state index in [2.05, 4.69) is 76.0 Å². The quantitative estimate of drug-likeness (QED) is 0.554. The molecule has 0 saturated carbocycles. The van der Waals surface area contributed by atoms with Crippen LogP contribution in [0.3, 0.4) is 0 Å². The first-order chi connectivity index (χ1) is 8.65. The Morgan fingerprint density at radius 1 is 1.06 bits per heavy atom. The molecule has 1 heterocycles. The second-order valence-electron chi connectivity index (χ2n) is 4.24. The van der Waals surface area contributed by atoms with Gasteiger partial charge >= 0.3 is 0 Å². The van der Waals surface area contributed by atoms with Gasteiger partial charge in [0.05, 0.1) is 8.61 Å². The molecule has 0 radical (unpaired) electrons. The Labute approximate surface area is 130 Å². The lowest BCUT2D eigenvalue weighted by Crippen LogP contribution is -1.96. The summed E-state index contributed by atoms with van der Waals surface area (Å²) in [5.74, 6) is 0. The molecule has 0 nitrogen and oxygen atoms in total. The molecule has 2 rings (SSSR count). The third-order valence-electron chi connectivity index (χ3n) is 3.13. The van der Waals surface area contributed by atoms with Crippen molar-refractivity contribution in [2.75, 3.05) is 0 Å². The average Bonchev–Trinajstić information content (AvgIpc) is 2.83. The van der Waals surface area contributed by atoms with Crippen molar-refractivity contribution in [3.63, 3.8) is 0 Å². The number of halogens is 2. The van der Waals surface area contributed by atoms with Crippen LogP contribution >= 0.6 is 43.2 Å². The Morgan fingerprint density at radius 3 is 2.33 bits per heavy atom. The Kier molecular flexibility index (Phi) is 5.05. The van der Waals surface area contributed by atoms with Gasteiger partial charge in [0, 0.05) is 4.88 Å². The van der Waals surface area contributed by atoms with Crippen LogP contribution in [0.1, 0.15) is 40.2 Å². The molecule has 1 aromatic heterocycles. The van der Waals surface area contributed by atoms with E-state index in [1.807, 2.05) is 0 Å². The van der Waals surface area contributed by atoms with Crippen molar-refractivity contribution in [1.82, 2.24) is 0 Å². The highest BCUT2D eigenvalue weighted by atomic mass is 79.9. The molecule has 0 bridgehead atoms. The summed E-state index contributed by atoms with van der Waals surface area (Å²) in [4.78, 5) is 1.64. The highest BCUT2D eigenvalue weighted by molar-refractivity contribution is 9.11. The maximum absolute atomic E-state index is 3.81. The van der Waals surface area contributed by atoms with Gasteiger partial charge in [-0.25, -0.2) is 0 Å². The van der Waals surface area contributed by atoms with E-state index in [9.17, 15) is 0 Å². The summed E-state index contributed by atoms with van der Waals surface area (Å²) in [6, 6.07) is 11.1. The van der Waals surface area contributed by atoms with Crippen LogP contribution < -0.4 is 0 Å². The highest BCUT2D eigenvalue weighted by Gasteiger charge is 2.13. The number of thiophene rings is 1. The van der Waals surface area contributed by atoms with E-state index < -0.39 is 0 Å². The highest BCUT2D eigenvalue weighted by Crippen LogP contribution is 2.37. The summed E-state index contributed by atoms with van der Waals surface area (Å²) in [5.41, 5.74) is 4.28. The lowest BCUT2D eigenvalue weighted by atomic mass is 9.98. The fourth-order valence-electron chi connectivity index (χ4n) is 2.11. The fraction of sp³-hybridized carbons (Fsp3) is 0.333. The molecule has 0 aliphatic rings. The molecule has 0 N–H and O–H groups in total. The summed E-state index contributed by atoms with van der Waals surface area (Å²) in [6.07, 6.45) is 2.21. The van der Waals surface area contributed by atoms with E-state index >= 15 is 0 Å². The molecule has 1 atom stereocenters. The van der Waals surface area contributed by atoms with Crippen molar-refractivity contribution >= 4 is 43.2 Å². The molecule has 0 spiro atoms. The smallest absolute Gasteiger partial charge is 0.0738 e. The largest absolute Gasteiger partial charge is 0.132 e. The Bertz CT molecular complexity index is 531. The maximum Gasteiger partial charge on any atom is 0.0738 e. The fourth-order valence-corrected chi connectivity index (χ4v) is 4.25. The van der Waals surface area contributed by atoms with Crippen LogP contribution in [0.5, 0.6) is 0 Å². The zero-order valence-electron chi connectivity index (χ0n) is 10.5. The number of rotatable bonds is 4. The normalized spacial score (nSPS) is 12.7. The van der Waals surface area contributed by atoms with Crippen LogP contribution in [0.2, 0.25) is 0 Å². The number of benzene rings is 1. The SMILES string of the molecule is CCc1ccc(C(Br)c2ccc(Br)s2)cc1CC. The third-order valence-corrected chi connectivity index (χ3v) is 6.14. The van der Waals surface area contributed by atoms with Gasteiger partial charge < -0.3 is 0 Å². The van der Waals surface area contributed by atoms with Crippen molar-refractivity contribution < 1.29 is 0 Å². The Hall–Kier alpha value is -0.120. The first kappa shape index (κ1) is 14.3. The van der Waals surface area contributed by atoms with Gasteiger partial charge in [-0.1, -0.05) is 48.0 Å². The summed E-state index contributed by atoms with van der Waals surface area (Å²) in [5, 5.41) is 0. The maximum atomic E-state index is 3.81. The summed E-state index contributed by atoms with van der Waals surface area (Å²) in [7, 11) is 0. The van der Waals surface area contributed by atoms with Crippen LogP contribution in [0, 0.1) is 0 Å². The second-order valence-corrected chi connectivity index (χ2v) is 7.65. The zero-order valence-corrected chi connectivity index (χ0v) is 14.5. The Morgan fingerprint density at radius 2 is 1.78 bits per heavy atom. The average molecular weight is 388 g/mol. The number of aryl methyl sites for hydroxylation is 2. The van der Waals surface area contributed by atoms with Crippen LogP contribution in [0.4, 0.5) is 0 Å². The van der Waals surface area contributed by atoms with Gasteiger partial charge in [-0.15, -0.1) is 11.3 Å². The monoisotopic (exact) mass is 386 g/mol. The molecule has 0 amide bonds. The molecule has 3 heteroatoms. The van der Waals surface area contributed by atoms with Crippen molar-refractivity contribution in [2.24, 2.45) is 0 Å². The molecule has 0 fully saturated rings. The number of hydrogen-bond acceptors (Lipinski definition) is 1.